The van der Waals surface area contributed by atoms with Crippen LogP contribution in [0.15, 0.2) is 72.8 Å². The van der Waals surface area contributed by atoms with Crippen LogP contribution in [0.25, 0.3) is 21.8 Å². The van der Waals surface area contributed by atoms with Gasteiger partial charge in [0.15, 0.2) is 23.3 Å². The van der Waals surface area contributed by atoms with Crippen molar-refractivity contribution in [3.05, 3.63) is 141 Å². The van der Waals surface area contributed by atoms with Crippen LogP contribution >= 0.6 is 0 Å². The van der Waals surface area contributed by atoms with Crippen molar-refractivity contribution in [3.8, 4) is 0 Å². The van der Waals surface area contributed by atoms with Crippen LogP contribution in [0.1, 0.15) is 51.7 Å². The fraction of sp³-hybridized carbons (Fsp3) is 0.293. The van der Waals surface area contributed by atoms with Gasteiger partial charge in [0.25, 0.3) is 0 Å². The molecule has 0 saturated carbocycles. The smallest absolute Gasteiger partial charge is 0.870 e. The Bertz CT molecular complexity index is 2290. The largest absolute Gasteiger partial charge is 1.00 e. The van der Waals surface area contributed by atoms with Crippen molar-refractivity contribution >= 4 is 27.9 Å². The number of hydrogen-bond acceptors (Lipinski definition) is 4. The van der Waals surface area contributed by atoms with Gasteiger partial charge in [-0.2, -0.15) is 0 Å². The van der Waals surface area contributed by atoms with Crippen LogP contribution in [0.4, 0.5) is 22.4 Å². The van der Waals surface area contributed by atoms with Crippen molar-refractivity contribution in [1.29, 1.82) is 0 Å². The number of carbonyl (C=O) groups excluding carboxylic acids is 1. The number of rotatable bonds is 5. The molecule has 0 radical (unpaired) electrons. The minimum absolute atomic E-state index is 0. The van der Waals surface area contributed by atoms with E-state index in [1.807, 2.05) is 13.1 Å². The minimum Gasteiger partial charge on any atom is -0.870 e. The van der Waals surface area contributed by atoms with E-state index in [1.165, 1.54) is 46.1 Å². The Balaban J connectivity index is 0.000000200. The Morgan fingerprint density at radius 3 is 1.72 bits per heavy atom. The molecule has 1 amide bonds. The zero-order valence-corrected chi connectivity index (χ0v) is 32.4. The van der Waals surface area contributed by atoms with Gasteiger partial charge in [-0.3, -0.25) is 0 Å². The first-order valence-corrected chi connectivity index (χ1v) is 17.3. The van der Waals surface area contributed by atoms with Crippen LogP contribution in [0.5, 0.6) is 0 Å². The van der Waals surface area contributed by atoms with E-state index < -0.39 is 23.3 Å². The van der Waals surface area contributed by atoms with E-state index in [-0.39, 0.29) is 41.1 Å². The van der Waals surface area contributed by atoms with Crippen LogP contribution in [-0.4, -0.2) is 45.3 Å². The molecule has 0 fully saturated rings. The van der Waals surface area contributed by atoms with Crippen LogP contribution in [-0.2, 0) is 57.6 Å². The average molecular weight is 737 g/mol. The first-order chi connectivity index (χ1) is 24.6. The fourth-order valence-corrected chi connectivity index (χ4v) is 7.54. The second kappa shape index (κ2) is 16.9. The van der Waals surface area contributed by atoms with Crippen LogP contribution < -0.4 is 34.9 Å². The number of aromatic nitrogens is 2. The molecule has 2 aliphatic rings. The van der Waals surface area contributed by atoms with Crippen molar-refractivity contribution in [2.24, 2.45) is 14.1 Å². The summed E-state index contributed by atoms with van der Waals surface area (Å²) in [6.45, 7) is 5.21. The van der Waals surface area contributed by atoms with Gasteiger partial charge in [-0.15, -0.1) is 0 Å². The third kappa shape index (κ3) is 8.19. The summed E-state index contributed by atoms with van der Waals surface area (Å²) in [6.07, 6.45) is 2.64. The van der Waals surface area contributed by atoms with Gasteiger partial charge >= 0.3 is 35.7 Å². The molecule has 12 heteroatoms. The SMILES string of the molecule is CCOC(=O)N1CCc2c(c3cc(Cc4ccc(F)c(F)c4)ccc3n2C)C1.Cn1c2c(c3cc(Cc4ccc(F)c(F)c4)ccc31)CNCC2.[Na+].[OH-]. The van der Waals surface area contributed by atoms with Gasteiger partial charge in [0, 0.05) is 85.3 Å². The Morgan fingerprint density at radius 2 is 1.19 bits per heavy atom. The maximum absolute atomic E-state index is 13.5. The molecule has 6 aromatic rings. The van der Waals surface area contributed by atoms with Gasteiger partial charge in [-0.05, 0) is 96.1 Å². The van der Waals surface area contributed by atoms with E-state index in [2.05, 4.69) is 51.8 Å². The summed E-state index contributed by atoms with van der Waals surface area (Å²) in [5.41, 5.74) is 11.1. The predicted molar refractivity (Wildman–Crippen MR) is 193 cm³/mol. The second-order valence-corrected chi connectivity index (χ2v) is 13.3. The Labute approximate surface area is 328 Å². The van der Waals surface area contributed by atoms with E-state index in [1.54, 1.807) is 24.0 Å². The number of hydrogen-bond donors (Lipinski definition) is 1. The van der Waals surface area contributed by atoms with Crippen molar-refractivity contribution in [1.82, 2.24) is 19.4 Å². The number of amides is 1. The zero-order chi connectivity index (χ0) is 35.8. The van der Waals surface area contributed by atoms with E-state index in [0.717, 1.165) is 70.7 Å². The van der Waals surface area contributed by atoms with Crippen LogP contribution in [0.3, 0.4) is 0 Å². The van der Waals surface area contributed by atoms with Crippen molar-refractivity contribution < 1.29 is 62.1 Å². The van der Waals surface area contributed by atoms with E-state index in [9.17, 15) is 22.4 Å². The van der Waals surface area contributed by atoms with Crippen molar-refractivity contribution in [2.75, 3.05) is 19.7 Å². The number of aryl methyl sites for hydroxylation is 2. The van der Waals surface area contributed by atoms with E-state index in [4.69, 9.17) is 4.74 Å². The molecule has 7 nitrogen and oxygen atoms in total. The molecule has 2 aromatic heterocycles. The fourth-order valence-electron chi connectivity index (χ4n) is 7.54. The molecule has 53 heavy (non-hydrogen) atoms. The number of benzene rings is 4. The maximum atomic E-state index is 13.5. The topological polar surface area (TPSA) is 81.4 Å². The molecule has 8 rings (SSSR count). The maximum Gasteiger partial charge on any atom is 1.00 e. The van der Waals surface area contributed by atoms with Crippen LogP contribution in [0.2, 0.25) is 0 Å². The molecular formula is C41H41F4N4NaO3. The van der Waals surface area contributed by atoms with Crippen molar-refractivity contribution in [2.45, 2.75) is 45.7 Å². The summed E-state index contributed by atoms with van der Waals surface area (Å²) in [4.78, 5) is 13.9. The first-order valence-electron chi connectivity index (χ1n) is 17.3. The standard InChI is InChI=1S/C22H22F2N2O2.C19H18F2N2.Na.H2O/c1-3-28-22(27)26-9-8-21-17(13-26)16-11-14(5-7-20(16)25(21)2)10-15-4-6-18(23)19(24)12-15;1-23-18-5-3-12(8-13-2-4-16(20)17(21)10-13)9-14(18)15-11-22-7-6-19(15)23;;/h4-7,11-12H,3,8-10,13H2,1-2H3;2-5,9-10,22H,6-8,11H2,1H3;;1H2/q;;+1;/p-1. The first kappa shape index (κ1) is 40.1. The number of halogens is 4. The Morgan fingerprint density at radius 1 is 0.698 bits per heavy atom. The molecule has 0 aliphatic carbocycles. The van der Waals surface area contributed by atoms with E-state index in [0.29, 0.717) is 32.5 Å². The number of fused-ring (bicyclic) bond motifs is 6. The molecule has 2 aliphatic heterocycles. The monoisotopic (exact) mass is 736 g/mol. The van der Waals surface area contributed by atoms with Gasteiger partial charge in [0.1, 0.15) is 0 Å². The van der Waals surface area contributed by atoms with E-state index >= 15 is 0 Å². The average Bonchev–Trinajstić information content (AvgIpc) is 3.57. The van der Waals surface area contributed by atoms with Gasteiger partial charge in [0.2, 0.25) is 0 Å². The molecule has 4 heterocycles. The molecule has 0 atom stereocenters. The molecule has 0 unspecified atom stereocenters. The Hall–Kier alpha value is -4.13. The van der Waals surface area contributed by atoms with Gasteiger partial charge in [-0.1, -0.05) is 24.3 Å². The summed E-state index contributed by atoms with van der Waals surface area (Å²) in [5, 5.41) is 5.77. The summed E-state index contributed by atoms with van der Waals surface area (Å²) in [6, 6.07) is 20.6. The molecule has 272 valence electrons. The summed E-state index contributed by atoms with van der Waals surface area (Å²) >= 11 is 0. The number of carbonyl (C=O) groups is 1. The number of nitrogens with zero attached hydrogens (tertiary/aromatic N) is 3. The predicted octanol–water partition coefficient (Wildman–Crippen LogP) is 5.08. The summed E-state index contributed by atoms with van der Waals surface area (Å²) in [7, 11) is 4.15. The zero-order valence-electron chi connectivity index (χ0n) is 30.4. The Kier molecular flexibility index (Phi) is 12.8. The molecule has 4 aromatic carbocycles. The third-order valence-corrected chi connectivity index (χ3v) is 10.1. The third-order valence-electron chi connectivity index (χ3n) is 10.1. The number of nitrogens with one attached hydrogen (secondary N) is 1. The molecule has 2 N–H and O–H groups in total. The van der Waals surface area contributed by atoms with Gasteiger partial charge in [-0.25, -0.2) is 22.4 Å². The molecule has 0 saturated heterocycles. The molecule has 0 spiro atoms. The van der Waals surface area contributed by atoms with Gasteiger partial charge < -0.3 is 29.6 Å². The normalized spacial score (nSPS) is 13.4. The second-order valence-electron chi connectivity index (χ2n) is 13.3. The molecule has 0 bridgehead atoms. The summed E-state index contributed by atoms with van der Waals surface area (Å²) in [5.74, 6) is -3.26. The number of ether oxygens (including phenoxy) is 1. The quantitative estimate of drug-likeness (QED) is 0.198. The summed E-state index contributed by atoms with van der Waals surface area (Å²) < 4.78 is 62.7. The van der Waals surface area contributed by atoms with Crippen LogP contribution in [0, 0.1) is 23.3 Å². The minimum atomic E-state index is -0.838. The molecular weight excluding hydrogens is 695 g/mol. The van der Waals surface area contributed by atoms with Crippen molar-refractivity contribution in [3.63, 3.8) is 0 Å². The van der Waals surface area contributed by atoms with Gasteiger partial charge in [0.05, 0.1) is 13.2 Å².